The standard InChI is InChI=1S/C31H35FN6O2/c1-31(2,3)40-30(39)34-13-16-37-19-23(17-35-37)21-7-9-24(10-8-21)36-14-11-22(12-15-36)29-28-25(5-4-6-26(28)32)27-18-33-20-38(27)29/h4-10,17-20,22,29H,11-16H2,1-3H3,(H,34,39). The SMILES string of the molecule is CC(C)(C)OC(=O)NCCn1cc(-c2ccc(N3CCC(C4c5c(F)cccc5-c5cncn54)CC3)cc2)cn1. The van der Waals surface area contributed by atoms with Crippen molar-refractivity contribution < 1.29 is 13.9 Å². The first-order valence-corrected chi connectivity index (χ1v) is 13.9. The molecule has 0 radical (unpaired) electrons. The number of ether oxygens (including phenoxy) is 1. The molecule has 4 heterocycles. The van der Waals surface area contributed by atoms with Crippen LogP contribution in [0.3, 0.4) is 0 Å². The van der Waals surface area contributed by atoms with Gasteiger partial charge in [-0.2, -0.15) is 5.10 Å². The number of nitrogens with one attached hydrogen (secondary N) is 1. The van der Waals surface area contributed by atoms with Crippen LogP contribution in [0.1, 0.15) is 45.2 Å². The van der Waals surface area contributed by atoms with Crippen molar-refractivity contribution >= 4 is 11.8 Å². The van der Waals surface area contributed by atoms with E-state index < -0.39 is 11.7 Å². The van der Waals surface area contributed by atoms with Crippen molar-refractivity contribution in [1.82, 2.24) is 24.6 Å². The van der Waals surface area contributed by atoms with Gasteiger partial charge in [0.1, 0.15) is 11.4 Å². The van der Waals surface area contributed by atoms with Crippen molar-refractivity contribution in [2.75, 3.05) is 24.5 Å². The van der Waals surface area contributed by atoms with Crippen LogP contribution in [0.25, 0.3) is 22.4 Å². The van der Waals surface area contributed by atoms with Gasteiger partial charge in [-0.1, -0.05) is 24.3 Å². The largest absolute Gasteiger partial charge is 0.444 e. The number of rotatable bonds is 6. The van der Waals surface area contributed by atoms with Crippen LogP contribution in [0.4, 0.5) is 14.9 Å². The van der Waals surface area contributed by atoms with Crippen molar-refractivity contribution in [3.8, 4) is 22.4 Å². The highest BCUT2D eigenvalue weighted by Crippen LogP contribution is 2.47. The molecule has 8 nitrogen and oxygen atoms in total. The van der Waals surface area contributed by atoms with Gasteiger partial charge < -0.3 is 19.5 Å². The zero-order chi connectivity index (χ0) is 27.9. The van der Waals surface area contributed by atoms with Crippen molar-refractivity contribution in [3.05, 3.63) is 78.8 Å². The highest BCUT2D eigenvalue weighted by atomic mass is 19.1. The second-order valence-electron chi connectivity index (χ2n) is 11.6. The fourth-order valence-electron chi connectivity index (χ4n) is 5.96. The Balaban J connectivity index is 1.05. The molecule has 6 rings (SSSR count). The third-order valence-corrected chi connectivity index (χ3v) is 7.78. The first-order valence-electron chi connectivity index (χ1n) is 13.9. The first kappa shape index (κ1) is 26.1. The van der Waals surface area contributed by atoms with Crippen LogP contribution in [-0.2, 0) is 11.3 Å². The quantitative estimate of drug-likeness (QED) is 0.328. The fraction of sp³-hybridized carbons (Fsp3) is 0.387. The van der Waals surface area contributed by atoms with Crippen LogP contribution in [-0.4, -0.2) is 50.7 Å². The molecule has 208 valence electrons. The maximum atomic E-state index is 14.9. The van der Waals surface area contributed by atoms with E-state index in [1.165, 1.54) is 5.69 Å². The number of hydrogen-bond donors (Lipinski definition) is 1. The van der Waals surface area contributed by atoms with E-state index in [1.54, 1.807) is 12.1 Å². The molecule has 1 saturated heterocycles. The predicted molar refractivity (Wildman–Crippen MR) is 153 cm³/mol. The molecule has 2 aromatic heterocycles. The van der Waals surface area contributed by atoms with Gasteiger partial charge in [0.15, 0.2) is 0 Å². The van der Waals surface area contributed by atoms with Crippen molar-refractivity contribution in [2.24, 2.45) is 5.92 Å². The van der Waals surface area contributed by atoms with Crippen molar-refractivity contribution in [2.45, 2.75) is 51.8 Å². The van der Waals surface area contributed by atoms with Gasteiger partial charge in [0, 0.05) is 48.2 Å². The third kappa shape index (κ3) is 5.20. The van der Waals surface area contributed by atoms with E-state index in [0.29, 0.717) is 19.0 Å². The topological polar surface area (TPSA) is 77.2 Å². The number of carbonyl (C=O) groups is 1. The molecule has 4 aromatic rings. The van der Waals surface area contributed by atoms with Gasteiger partial charge in [0.25, 0.3) is 0 Å². The molecule has 2 aliphatic heterocycles. The lowest BCUT2D eigenvalue weighted by Gasteiger charge is -2.37. The van der Waals surface area contributed by atoms with E-state index in [1.807, 2.05) is 56.4 Å². The van der Waals surface area contributed by atoms with E-state index in [2.05, 4.69) is 49.1 Å². The Bertz CT molecular complexity index is 1490. The number of amides is 1. The summed E-state index contributed by atoms with van der Waals surface area (Å²) < 4.78 is 24.2. The number of halogens is 1. The summed E-state index contributed by atoms with van der Waals surface area (Å²) >= 11 is 0. The molecule has 2 aromatic carbocycles. The Hall–Kier alpha value is -4.14. The first-order chi connectivity index (χ1) is 19.3. The van der Waals surface area contributed by atoms with Crippen molar-refractivity contribution in [1.29, 1.82) is 0 Å². The number of aromatic nitrogens is 4. The zero-order valence-corrected chi connectivity index (χ0v) is 23.2. The minimum atomic E-state index is -0.517. The summed E-state index contributed by atoms with van der Waals surface area (Å²) in [5.41, 5.74) is 5.61. The molecular weight excluding hydrogens is 507 g/mol. The Morgan fingerprint density at radius 2 is 1.85 bits per heavy atom. The van der Waals surface area contributed by atoms with E-state index in [9.17, 15) is 9.18 Å². The number of anilines is 1. The lowest BCUT2D eigenvalue weighted by molar-refractivity contribution is 0.0525. The minimum absolute atomic E-state index is 0.00842. The Kier molecular flexibility index (Phi) is 6.82. The van der Waals surface area contributed by atoms with Gasteiger partial charge in [-0.3, -0.25) is 4.68 Å². The van der Waals surface area contributed by atoms with Crippen LogP contribution < -0.4 is 10.2 Å². The molecule has 0 bridgehead atoms. The molecular formula is C31H35FN6O2. The smallest absolute Gasteiger partial charge is 0.407 e. The Morgan fingerprint density at radius 3 is 2.60 bits per heavy atom. The zero-order valence-electron chi connectivity index (χ0n) is 23.2. The van der Waals surface area contributed by atoms with E-state index in [-0.39, 0.29) is 11.9 Å². The monoisotopic (exact) mass is 542 g/mol. The molecule has 0 spiro atoms. The number of carbonyl (C=O) groups excluding carboxylic acids is 1. The number of fused-ring (bicyclic) bond motifs is 3. The highest BCUT2D eigenvalue weighted by Gasteiger charge is 2.38. The van der Waals surface area contributed by atoms with Gasteiger partial charge in [-0.25, -0.2) is 14.2 Å². The van der Waals surface area contributed by atoms with Crippen LogP contribution >= 0.6 is 0 Å². The second kappa shape index (κ2) is 10.4. The number of imidazole rings is 1. The summed E-state index contributed by atoms with van der Waals surface area (Å²) in [6.45, 7) is 8.37. The average molecular weight is 543 g/mol. The molecule has 9 heteroatoms. The molecule has 2 aliphatic rings. The maximum Gasteiger partial charge on any atom is 0.407 e. The van der Waals surface area contributed by atoms with Crippen molar-refractivity contribution in [3.63, 3.8) is 0 Å². The van der Waals surface area contributed by atoms with E-state index >= 15 is 0 Å². The molecule has 1 unspecified atom stereocenters. The number of alkyl carbamates (subject to hydrolysis) is 1. The van der Waals surface area contributed by atoms with Crippen LogP contribution in [0.5, 0.6) is 0 Å². The van der Waals surface area contributed by atoms with Gasteiger partial charge in [0.2, 0.25) is 0 Å². The highest BCUT2D eigenvalue weighted by molar-refractivity contribution is 5.70. The fourth-order valence-corrected chi connectivity index (χ4v) is 5.96. The summed E-state index contributed by atoms with van der Waals surface area (Å²) in [6, 6.07) is 14.0. The molecule has 1 N–H and O–H groups in total. The minimum Gasteiger partial charge on any atom is -0.444 e. The molecule has 1 amide bonds. The van der Waals surface area contributed by atoms with E-state index in [0.717, 1.165) is 53.9 Å². The predicted octanol–water partition coefficient (Wildman–Crippen LogP) is 5.90. The van der Waals surface area contributed by atoms with E-state index in [4.69, 9.17) is 4.74 Å². The summed E-state index contributed by atoms with van der Waals surface area (Å²) in [4.78, 5) is 18.6. The third-order valence-electron chi connectivity index (χ3n) is 7.78. The lowest BCUT2D eigenvalue weighted by Crippen LogP contribution is -2.36. The van der Waals surface area contributed by atoms with Crippen LogP contribution in [0.2, 0.25) is 0 Å². The normalized spacial score (nSPS) is 17.0. The molecule has 1 atom stereocenters. The average Bonchev–Trinajstić information content (AvgIpc) is 3.65. The Labute approximate surface area is 233 Å². The molecule has 0 aliphatic carbocycles. The number of benzene rings is 2. The Morgan fingerprint density at radius 1 is 1.07 bits per heavy atom. The van der Waals surface area contributed by atoms with Gasteiger partial charge >= 0.3 is 6.09 Å². The number of piperidine rings is 1. The van der Waals surface area contributed by atoms with Crippen LogP contribution in [0.15, 0.2) is 67.4 Å². The van der Waals surface area contributed by atoms with Gasteiger partial charge in [-0.05, 0) is 63.3 Å². The lowest BCUT2D eigenvalue weighted by atomic mass is 9.85. The summed E-state index contributed by atoms with van der Waals surface area (Å²) in [5, 5.41) is 7.20. The second-order valence-corrected chi connectivity index (χ2v) is 11.6. The molecule has 40 heavy (non-hydrogen) atoms. The van der Waals surface area contributed by atoms with Gasteiger partial charge in [-0.15, -0.1) is 0 Å². The maximum absolute atomic E-state index is 14.9. The summed E-state index contributed by atoms with van der Waals surface area (Å²) in [7, 11) is 0. The number of nitrogens with zero attached hydrogens (tertiary/aromatic N) is 5. The number of hydrogen-bond acceptors (Lipinski definition) is 5. The van der Waals surface area contributed by atoms with Crippen LogP contribution in [0, 0.1) is 11.7 Å². The molecule has 0 saturated carbocycles. The summed E-state index contributed by atoms with van der Waals surface area (Å²) in [5.74, 6) is 0.240. The summed E-state index contributed by atoms with van der Waals surface area (Å²) in [6.07, 6.45) is 9.08. The molecule has 1 fully saturated rings. The van der Waals surface area contributed by atoms with Gasteiger partial charge in [0.05, 0.1) is 37.0 Å².